The van der Waals surface area contributed by atoms with E-state index < -0.39 is 0 Å². The van der Waals surface area contributed by atoms with Crippen LogP contribution < -0.4 is 10.1 Å². The lowest BCUT2D eigenvalue weighted by molar-refractivity contribution is 0.227. The van der Waals surface area contributed by atoms with E-state index in [2.05, 4.69) is 60.2 Å². The molecular weight excluding hydrogens is 322 g/mol. The van der Waals surface area contributed by atoms with Gasteiger partial charge in [-0.15, -0.1) is 0 Å². The Kier molecular flexibility index (Phi) is 10.0. The monoisotopic (exact) mass is 361 g/mol. The number of nitrogens with one attached hydrogen (secondary N) is 1. The van der Waals surface area contributed by atoms with Gasteiger partial charge in [-0.2, -0.15) is 0 Å². The van der Waals surface area contributed by atoms with Crippen molar-refractivity contribution in [3.8, 4) is 5.75 Å². The first-order valence-corrected chi connectivity index (χ1v) is 10.6. The van der Waals surface area contributed by atoms with Crippen LogP contribution >= 0.6 is 0 Å². The average Bonchev–Trinajstić information content (AvgIpc) is 2.69. The first-order valence-electron chi connectivity index (χ1n) is 10.6. The summed E-state index contributed by atoms with van der Waals surface area (Å²) in [6.07, 6.45) is 5.22. The summed E-state index contributed by atoms with van der Waals surface area (Å²) in [6, 6.07) is 8.98. The molecule has 1 aliphatic heterocycles. The molecule has 0 saturated carbocycles. The van der Waals surface area contributed by atoms with Gasteiger partial charge in [0.15, 0.2) is 0 Å². The highest BCUT2D eigenvalue weighted by molar-refractivity contribution is 5.28. The van der Waals surface area contributed by atoms with E-state index in [0.29, 0.717) is 6.04 Å². The second kappa shape index (κ2) is 12.3. The number of hydrogen-bond acceptors (Lipinski definition) is 4. The van der Waals surface area contributed by atoms with Crippen LogP contribution in [-0.2, 0) is 0 Å². The highest BCUT2D eigenvalue weighted by Crippen LogP contribution is 2.18. The van der Waals surface area contributed by atoms with Crippen LogP contribution in [0.2, 0.25) is 0 Å². The molecule has 1 fully saturated rings. The van der Waals surface area contributed by atoms with Gasteiger partial charge < -0.3 is 19.9 Å². The van der Waals surface area contributed by atoms with E-state index in [9.17, 15) is 0 Å². The number of benzene rings is 1. The van der Waals surface area contributed by atoms with Crippen LogP contribution in [0.25, 0.3) is 0 Å². The van der Waals surface area contributed by atoms with Crippen molar-refractivity contribution in [1.29, 1.82) is 0 Å². The van der Waals surface area contributed by atoms with Gasteiger partial charge in [0.05, 0.1) is 6.61 Å². The standard InChI is InChI=1S/C22H39N3O/c1-4-24(5-2)17-9-19-26-22-12-10-21(11-13-22)20(3)23-14-18-25-15-7-6-8-16-25/h10-13,20,23H,4-9,14-19H2,1-3H3. The van der Waals surface area contributed by atoms with E-state index in [1.807, 2.05) is 0 Å². The van der Waals surface area contributed by atoms with E-state index >= 15 is 0 Å². The summed E-state index contributed by atoms with van der Waals surface area (Å²) in [5.41, 5.74) is 1.33. The van der Waals surface area contributed by atoms with E-state index in [-0.39, 0.29) is 0 Å². The Morgan fingerprint density at radius 3 is 2.42 bits per heavy atom. The van der Waals surface area contributed by atoms with Gasteiger partial charge in [0, 0.05) is 25.7 Å². The van der Waals surface area contributed by atoms with Crippen LogP contribution in [0.3, 0.4) is 0 Å². The fourth-order valence-corrected chi connectivity index (χ4v) is 3.61. The summed E-state index contributed by atoms with van der Waals surface area (Å²) in [5, 5.41) is 3.66. The molecular formula is C22H39N3O. The number of ether oxygens (including phenoxy) is 1. The number of nitrogens with zero attached hydrogens (tertiary/aromatic N) is 2. The number of likely N-dealkylation sites (tertiary alicyclic amines) is 1. The summed E-state index contributed by atoms with van der Waals surface area (Å²) in [5.74, 6) is 0.980. The average molecular weight is 362 g/mol. The summed E-state index contributed by atoms with van der Waals surface area (Å²) >= 11 is 0. The van der Waals surface area contributed by atoms with E-state index in [0.717, 1.165) is 51.5 Å². The molecule has 0 aromatic heterocycles. The van der Waals surface area contributed by atoms with Crippen molar-refractivity contribution in [2.45, 2.75) is 52.5 Å². The predicted octanol–water partition coefficient (Wildman–Crippen LogP) is 3.93. The molecule has 1 N–H and O–H groups in total. The zero-order chi connectivity index (χ0) is 18.6. The molecule has 1 heterocycles. The van der Waals surface area contributed by atoms with Crippen molar-refractivity contribution in [3.05, 3.63) is 29.8 Å². The van der Waals surface area contributed by atoms with E-state index in [1.54, 1.807) is 0 Å². The third kappa shape index (κ3) is 7.65. The molecule has 2 rings (SSSR count). The molecule has 148 valence electrons. The maximum atomic E-state index is 5.89. The lowest BCUT2D eigenvalue weighted by Crippen LogP contribution is -2.36. The quantitative estimate of drug-likeness (QED) is 0.571. The first-order chi connectivity index (χ1) is 12.7. The molecule has 4 nitrogen and oxygen atoms in total. The van der Waals surface area contributed by atoms with E-state index in [4.69, 9.17) is 4.74 Å². The summed E-state index contributed by atoms with van der Waals surface area (Å²) in [4.78, 5) is 5.02. The topological polar surface area (TPSA) is 27.7 Å². The van der Waals surface area contributed by atoms with Gasteiger partial charge >= 0.3 is 0 Å². The van der Waals surface area contributed by atoms with E-state index in [1.165, 1.54) is 37.9 Å². The van der Waals surface area contributed by atoms with Gasteiger partial charge in [0.2, 0.25) is 0 Å². The molecule has 0 radical (unpaired) electrons. The molecule has 4 heteroatoms. The lowest BCUT2D eigenvalue weighted by atomic mass is 10.1. The zero-order valence-corrected chi connectivity index (χ0v) is 17.2. The maximum Gasteiger partial charge on any atom is 0.119 e. The SMILES string of the molecule is CCN(CC)CCCOc1ccc(C(C)NCCN2CCCCC2)cc1. The van der Waals surface area contributed by atoms with Crippen LogP contribution in [0, 0.1) is 0 Å². The molecule has 1 unspecified atom stereocenters. The minimum atomic E-state index is 0.386. The normalized spacial score (nSPS) is 16.8. The molecule has 1 aromatic carbocycles. The number of hydrogen-bond donors (Lipinski definition) is 1. The second-order valence-corrected chi connectivity index (χ2v) is 7.38. The Morgan fingerprint density at radius 1 is 1.08 bits per heavy atom. The molecule has 1 aliphatic rings. The van der Waals surface area contributed by atoms with Crippen molar-refractivity contribution < 1.29 is 4.74 Å². The van der Waals surface area contributed by atoms with Crippen molar-refractivity contribution >= 4 is 0 Å². The molecule has 1 saturated heterocycles. The van der Waals surface area contributed by atoms with Crippen LogP contribution in [0.4, 0.5) is 0 Å². The Morgan fingerprint density at radius 2 is 1.77 bits per heavy atom. The van der Waals surface area contributed by atoms with Gasteiger partial charge in [0.25, 0.3) is 0 Å². The lowest BCUT2D eigenvalue weighted by Gasteiger charge is -2.27. The minimum Gasteiger partial charge on any atom is -0.494 e. The highest BCUT2D eigenvalue weighted by atomic mass is 16.5. The summed E-state index contributed by atoms with van der Waals surface area (Å²) < 4.78 is 5.89. The van der Waals surface area contributed by atoms with Crippen molar-refractivity contribution in [3.63, 3.8) is 0 Å². The molecule has 0 aliphatic carbocycles. The molecule has 0 amide bonds. The summed E-state index contributed by atoms with van der Waals surface area (Å²) in [6.45, 7) is 15.6. The molecule has 1 atom stereocenters. The Labute approximate surface area is 160 Å². The van der Waals surface area contributed by atoms with Gasteiger partial charge in [0.1, 0.15) is 5.75 Å². The maximum absolute atomic E-state index is 5.89. The van der Waals surface area contributed by atoms with Crippen molar-refractivity contribution in [1.82, 2.24) is 15.1 Å². The third-order valence-corrected chi connectivity index (χ3v) is 5.49. The van der Waals surface area contributed by atoms with Gasteiger partial charge in [-0.3, -0.25) is 0 Å². The second-order valence-electron chi connectivity index (χ2n) is 7.38. The Balaban J connectivity index is 1.63. The fourth-order valence-electron chi connectivity index (χ4n) is 3.61. The van der Waals surface area contributed by atoms with Crippen LogP contribution in [-0.4, -0.2) is 62.2 Å². The van der Waals surface area contributed by atoms with Gasteiger partial charge in [-0.05, 0) is 70.1 Å². The van der Waals surface area contributed by atoms with Gasteiger partial charge in [-0.25, -0.2) is 0 Å². The van der Waals surface area contributed by atoms with Crippen LogP contribution in [0.15, 0.2) is 24.3 Å². The largest absolute Gasteiger partial charge is 0.494 e. The number of piperidine rings is 1. The zero-order valence-electron chi connectivity index (χ0n) is 17.2. The van der Waals surface area contributed by atoms with Crippen LogP contribution in [0.1, 0.15) is 58.1 Å². The predicted molar refractivity (Wildman–Crippen MR) is 111 cm³/mol. The summed E-state index contributed by atoms with van der Waals surface area (Å²) in [7, 11) is 0. The Hall–Kier alpha value is -1.10. The molecule has 0 bridgehead atoms. The smallest absolute Gasteiger partial charge is 0.119 e. The molecule has 1 aromatic rings. The number of rotatable bonds is 12. The van der Waals surface area contributed by atoms with Crippen LogP contribution in [0.5, 0.6) is 5.75 Å². The fraction of sp³-hybridized carbons (Fsp3) is 0.727. The third-order valence-electron chi connectivity index (χ3n) is 5.49. The van der Waals surface area contributed by atoms with Crippen molar-refractivity contribution in [2.75, 3.05) is 52.4 Å². The first kappa shape index (κ1) is 21.2. The minimum absolute atomic E-state index is 0.386. The molecule has 0 spiro atoms. The molecule has 26 heavy (non-hydrogen) atoms. The Bertz CT molecular complexity index is 467. The van der Waals surface area contributed by atoms with Crippen molar-refractivity contribution in [2.24, 2.45) is 0 Å². The van der Waals surface area contributed by atoms with Gasteiger partial charge in [-0.1, -0.05) is 32.4 Å². The highest BCUT2D eigenvalue weighted by Gasteiger charge is 2.10.